The molecule has 3 nitrogen and oxygen atoms in total. The highest BCUT2D eigenvalue weighted by atomic mass is 16.3. The maximum Gasteiger partial charge on any atom is 0.0679 e. The van der Waals surface area contributed by atoms with E-state index in [1.54, 1.807) is 0 Å². The number of aliphatic hydroxyl groups excluding tert-OH is 1. The Hall–Kier alpha value is -1.68. The average molecular weight is 308 g/mol. The lowest BCUT2D eigenvalue weighted by Gasteiger charge is -2.48. The first-order valence-electron chi connectivity index (χ1n) is 8.57. The fourth-order valence-electron chi connectivity index (χ4n) is 3.91. The van der Waals surface area contributed by atoms with E-state index in [0.717, 1.165) is 32.6 Å². The molecular weight excluding hydrogens is 284 g/mol. The van der Waals surface area contributed by atoms with Gasteiger partial charge in [0.15, 0.2) is 0 Å². The summed E-state index contributed by atoms with van der Waals surface area (Å²) in [4.78, 5) is 5.01. The second-order valence-corrected chi connectivity index (χ2v) is 6.77. The second kappa shape index (κ2) is 6.44. The number of benzene rings is 2. The summed E-state index contributed by atoms with van der Waals surface area (Å²) in [7, 11) is 0. The van der Waals surface area contributed by atoms with Gasteiger partial charge in [-0.15, -0.1) is 0 Å². The van der Waals surface area contributed by atoms with Gasteiger partial charge >= 0.3 is 0 Å². The van der Waals surface area contributed by atoms with Gasteiger partial charge in [-0.2, -0.15) is 0 Å². The van der Waals surface area contributed by atoms with Gasteiger partial charge in [0.2, 0.25) is 0 Å². The Labute approximate surface area is 138 Å². The fourth-order valence-corrected chi connectivity index (χ4v) is 3.91. The molecule has 2 fully saturated rings. The molecule has 0 amide bonds. The minimum atomic E-state index is -0.122. The summed E-state index contributed by atoms with van der Waals surface area (Å²) in [6, 6.07) is 22.5. The average Bonchev–Trinajstić information content (AvgIpc) is 2.98. The normalized spacial score (nSPS) is 23.3. The Morgan fingerprint density at radius 1 is 0.826 bits per heavy atom. The molecule has 0 aliphatic carbocycles. The Bertz CT molecular complexity index is 585. The highest BCUT2D eigenvalue weighted by molar-refractivity contribution is 5.32. The Morgan fingerprint density at radius 3 is 1.87 bits per heavy atom. The van der Waals surface area contributed by atoms with Crippen molar-refractivity contribution >= 4 is 0 Å². The molecule has 23 heavy (non-hydrogen) atoms. The van der Waals surface area contributed by atoms with Crippen LogP contribution in [0.1, 0.15) is 23.6 Å². The van der Waals surface area contributed by atoms with Crippen molar-refractivity contribution in [3.05, 3.63) is 71.8 Å². The van der Waals surface area contributed by atoms with E-state index in [9.17, 15) is 5.11 Å². The van der Waals surface area contributed by atoms with E-state index in [-0.39, 0.29) is 6.10 Å². The first-order chi connectivity index (χ1) is 11.3. The van der Waals surface area contributed by atoms with Crippen LogP contribution in [0, 0.1) is 0 Å². The quantitative estimate of drug-likeness (QED) is 0.940. The molecule has 0 bridgehead atoms. The Balaban J connectivity index is 1.51. The van der Waals surface area contributed by atoms with Crippen molar-refractivity contribution in [2.75, 3.05) is 26.2 Å². The van der Waals surface area contributed by atoms with Gasteiger partial charge in [0.05, 0.1) is 12.1 Å². The van der Waals surface area contributed by atoms with Crippen molar-refractivity contribution in [1.82, 2.24) is 9.80 Å². The van der Waals surface area contributed by atoms with Gasteiger partial charge in [-0.3, -0.25) is 9.80 Å². The van der Waals surface area contributed by atoms with Gasteiger partial charge in [-0.25, -0.2) is 0 Å². The molecule has 0 spiro atoms. The topological polar surface area (TPSA) is 26.7 Å². The zero-order chi connectivity index (χ0) is 15.6. The Morgan fingerprint density at radius 2 is 1.39 bits per heavy atom. The van der Waals surface area contributed by atoms with Crippen LogP contribution >= 0.6 is 0 Å². The van der Waals surface area contributed by atoms with Crippen LogP contribution in [0.4, 0.5) is 0 Å². The molecule has 1 atom stereocenters. The highest BCUT2D eigenvalue weighted by Crippen LogP contribution is 2.34. The molecule has 2 heterocycles. The van der Waals surface area contributed by atoms with Gasteiger partial charge in [-0.05, 0) is 17.5 Å². The van der Waals surface area contributed by atoms with Crippen molar-refractivity contribution in [3.8, 4) is 0 Å². The standard InChI is InChI=1S/C20H24N2O/c23-19-11-12-21(15-19)18-13-22(14-18)20(16-7-3-1-4-8-16)17-9-5-2-6-10-17/h1-10,18-20,23H,11-15H2. The summed E-state index contributed by atoms with van der Waals surface area (Å²) in [5, 5.41) is 9.74. The Kier molecular flexibility index (Phi) is 4.17. The molecule has 0 radical (unpaired) electrons. The summed E-state index contributed by atoms with van der Waals surface area (Å²) in [5.41, 5.74) is 2.72. The van der Waals surface area contributed by atoms with Crippen LogP contribution in [0.5, 0.6) is 0 Å². The van der Waals surface area contributed by atoms with Gasteiger partial charge < -0.3 is 5.11 Å². The van der Waals surface area contributed by atoms with Gasteiger partial charge in [0, 0.05) is 32.2 Å². The lowest BCUT2D eigenvalue weighted by atomic mass is 9.93. The smallest absolute Gasteiger partial charge is 0.0679 e. The number of nitrogens with zero attached hydrogens (tertiary/aromatic N) is 2. The molecule has 0 aromatic heterocycles. The van der Waals surface area contributed by atoms with Crippen LogP contribution in [0.2, 0.25) is 0 Å². The largest absolute Gasteiger partial charge is 0.392 e. The van der Waals surface area contributed by atoms with Crippen LogP contribution in [-0.4, -0.2) is 53.2 Å². The third kappa shape index (κ3) is 3.05. The van der Waals surface area contributed by atoms with Gasteiger partial charge in [-0.1, -0.05) is 60.7 Å². The summed E-state index contributed by atoms with van der Waals surface area (Å²) >= 11 is 0. The van der Waals surface area contributed by atoms with Crippen LogP contribution in [0.15, 0.2) is 60.7 Å². The third-order valence-corrected chi connectivity index (χ3v) is 5.20. The maximum absolute atomic E-state index is 9.74. The number of rotatable bonds is 4. The van der Waals surface area contributed by atoms with Crippen LogP contribution in [-0.2, 0) is 0 Å². The lowest BCUT2D eigenvalue weighted by molar-refractivity contribution is 0.0200. The third-order valence-electron chi connectivity index (χ3n) is 5.20. The van der Waals surface area contributed by atoms with Gasteiger partial charge in [0.25, 0.3) is 0 Å². The summed E-state index contributed by atoms with van der Waals surface area (Å²) in [6.45, 7) is 4.06. The van der Waals surface area contributed by atoms with E-state index in [1.807, 2.05) is 0 Å². The number of hydrogen-bond acceptors (Lipinski definition) is 3. The molecule has 2 aromatic rings. The van der Waals surface area contributed by atoms with Crippen molar-refractivity contribution < 1.29 is 5.11 Å². The molecule has 2 aliphatic heterocycles. The maximum atomic E-state index is 9.74. The zero-order valence-corrected chi connectivity index (χ0v) is 13.4. The van der Waals surface area contributed by atoms with Crippen LogP contribution < -0.4 is 0 Å². The molecule has 0 saturated carbocycles. The molecule has 4 rings (SSSR count). The molecule has 120 valence electrons. The summed E-state index contributed by atoms with van der Waals surface area (Å²) in [6.07, 6.45) is 0.806. The molecule has 3 heteroatoms. The molecule has 2 aliphatic rings. The van der Waals surface area contributed by atoms with Crippen LogP contribution in [0.3, 0.4) is 0 Å². The summed E-state index contributed by atoms with van der Waals surface area (Å²) in [5.74, 6) is 0. The number of likely N-dealkylation sites (tertiary alicyclic amines) is 2. The predicted octanol–water partition coefficient (Wildman–Crippen LogP) is 2.53. The first-order valence-corrected chi connectivity index (χ1v) is 8.57. The molecule has 1 unspecified atom stereocenters. The van der Waals surface area contributed by atoms with Gasteiger partial charge in [0.1, 0.15) is 0 Å². The van der Waals surface area contributed by atoms with E-state index in [4.69, 9.17) is 0 Å². The number of aliphatic hydroxyl groups is 1. The van der Waals surface area contributed by atoms with E-state index >= 15 is 0 Å². The van der Waals surface area contributed by atoms with Crippen molar-refractivity contribution in [2.45, 2.75) is 24.6 Å². The van der Waals surface area contributed by atoms with E-state index in [0.29, 0.717) is 12.1 Å². The predicted molar refractivity (Wildman–Crippen MR) is 92.3 cm³/mol. The lowest BCUT2D eigenvalue weighted by Crippen LogP contribution is -2.59. The first kappa shape index (κ1) is 14.9. The number of hydrogen-bond donors (Lipinski definition) is 1. The highest BCUT2D eigenvalue weighted by Gasteiger charge is 2.39. The van der Waals surface area contributed by atoms with E-state index in [1.165, 1.54) is 11.1 Å². The SMILES string of the molecule is OC1CCN(C2CN(C(c3ccccc3)c3ccccc3)C2)C1. The monoisotopic (exact) mass is 308 g/mol. The zero-order valence-electron chi connectivity index (χ0n) is 13.4. The molecular formula is C20H24N2O. The minimum absolute atomic E-state index is 0.122. The van der Waals surface area contributed by atoms with Crippen molar-refractivity contribution in [3.63, 3.8) is 0 Å². The fraction of sp³-hybridized carbons (Fsp3) is 0.400. The van der Waals surface area contributed by atoms with E-state index < -0.39 is 0 Å². The van der Waals surface area contributed by atoms with Crippen LogP contribution in [0.25, 0.3) is 0 Å². The van der Waals surface area contributed by atoms with E-state index in [2.05, 4.69) is 70.5 Å². The summed E-state index contributed by atoms with van der Waals surface area (Å²) < 4.78 is 0. The van der Waals surface area contributed by atoms with Crippen molar-refractivity contribution in [2.24, 2.45) is 0 Å². The minimum Gasteiger partial charge on any atom is -0.392 e. The number of β-amino-alcohol motifs (C(OH)–C–C–N with tert-alkyl or cyclic N) is 1. The second-order valence-electron chi connectivity index (χ2n) is 6.77. The molecule has 1 N–H and O–H groups in total. The molecule has 2 aromatic carbocycles. The molecule has 2 saturated heterocycles. The van der Waals surface area contributed by atoms with Crippen molar-refractivity contribution in [1.29, 1.82) is 0 Å².